The number of carboxylic acids is 1. The lowest BCUT2D eigenvalue weighted by atomic mass is 9.61. The number of Topliss-reactive ketones (excluding diaryl/α,β-unsaturated/α-hetero) is 1. The normalized spacial score (nSPS) is 25.6. The maximum atomic E-state index is 12.4. The minimum atomic E-state index is -1.27. The lowest BCUT2D eigenvalue weighted by Gasteiger charge is -2.46. The van der Waals surface area contributed by atoms with Crippen LogP contribution in [0.5, 0.6) is 0 Å². The first-order chi connectivity index (χ1) is 10.4. The molecule has 23 heavy (non-hydrogen) atoms. The smallest absolute Gasteiger partial charge is 0.328 e. The van der Waals surface area contributed by atoms with Crippen LogP contribution in [0.3, 0.4) is 0 Å². The fraction of sp³-hybridized carbons (Fsp3) is 0.579. The summed E-state index contributed by atoms with van der Waals surface area (Å²) < 4.78 is 0. The van der Waals surface area contributed by atoms with Crippen LogP contribution in [0.25, 0.3) is 0 Å². The zero-order valence-electron chi connectivity index (χ0n) is 14.9. The number of carboxylic acid groups (broad SMARTS) is 1. The van der Waals surface area contributed by atoms with E-state index in [1.54, 1.807) is 26.0 Å². The van der Waals surface area contributed by atoms with Crippen LogP contribution in [0.4, 0.5) is 0 Å². The van der Waals surface area contributed by atoms with E-state index in [0.29, 0.717) is 29.1 Å². The molecule has 1 rings (SSSR count). The maximum absolute atomic E-state index is 12.4. The van der Waals surface area contributed by atoms with Crippen LogP contribution in [-0.4, -0.2) is 27.6 Å². The molecule has 0 spiro atoms. The van der Waals surface area contributed by atoms with E-state index in [-0.39, 0.29) is 12.2 Å². The Morgan fingerprint density at radius 1 is 1.35 bits per heavy atom. The summed E-state index contributed by atoms with van der Waals surface area (Å²) >= 11 is 0. The Morgan fingerprint density at radius 2 is 1.91 bits per heavy atom. The molecule has 4 nitrogen and oxygen atoms in total. The van der Waals surface area contributed by atoms with E-state index in [9.17, 15) is 14.7 Å². The van der Waals surface area contributed by atoms with Crippen LogP contribution in [0.2, 0.25) is 0 Å². The van der Waals surface area contributed by atoms with E-state index in [2.05, 4.69) is 0 Å². The molecule has 1 aliphatic carbocycles. The Kier molecular flexibility index (Phi) is 5.75. The molecule has 1 unspecified atom stereocenters. The van der Waals surface area contributed by atoms with Gasteiger partial charge in [0.1, 0.15) is 5.60 Å². The van der Waals surface area contributed by atoms with Gasteiger partial charge in [-0.15, -0.1) is 0 Å². The molecule has 1 atom stereocenters. The van der Waals surface area contributed by atoms with Gasteiger partial charge in [0.25, 0.3) is 0 Å². The Balaban J connectivity index is 3.37. The minimum absolute atomic E-state index is 0.0945. The Bertz CT molecular complexity index is 590. The van der Waals surface area contributed by atoms with Crippen LogP contribution >= 0.6 is 0 Å². The molecular weight excluding hydrogens is 292 g/mol. The van der Waals surface area contributed by atoms with Gasteiger partial charge in [-0.1, -0.05) is 33.8 Å². The fourth-order valence-electron chi connectivity index (χ4n) is 3.11. The summed E-state index contributed by atoms with van der Waals surface area (Å²) in [5.74, 6) is -0.603. The molecule has 1 aliphatic rings. The predicted molar refractivity (Wildman–Crippen MR) is 91.0 cm³/mol. The summed E-state index contributed by atoms with van der Waals surface area (Å²) in [5, 5.41) is 20.1. The highest BCUT2D eigenvalue weighted by molar-refractivity contribution is 5.98. The van der Waals surface area contributed by atoms with Gasteiger partial charge in [-0.3, -0.25) is 4.79 Å². The van der Waals surface area contributed by atoms with Crippen molar-refractivity contribution in [2.24, 2.45) is 11.3 Å². The molecule has 0 saturated carbocycles. The third kappa shape index (κ3) is 4.20. The van der Waals surface area contributed by atoms with Crippen molar-refractivity contribution in [1.82, 2.24) is 0 Å². The second kappa shape index (κ2) is 6.83. The summed E-state index contributed by atoms with van der Waals surface area (Å²) in [6.07, 6.45) is 5.25. The van der Waals surface area contributed by atoms with E-state index in [4.69, 9.17) is 5.11 Å². The molecule has 0 aromatic carbocycles. The van der Waals surface area contributed by atoms with E-state index in [0.717, 1.165) is 6.08 Å². The first-order valence-corrected chi connectivity index (χ1v) is 7.97. The Hall–Kier alpha value is -1.68. The molecule has 0 radical (unpaired) electrons. The SMILES string of the molecule is CC(C=CC1(O)C(C)=C(CC(C)C)C(=O)CC1(C)C)=CC(=O)O. The Labute approximate surface area is 138 Å². The number of aliphatic hydroxyl groups is 1. The number of hydrogen-bond donors (Lipinski definition) is 2. The summed E-state index contributed by atoms with van der Waals surface area (Å²) in [6.45, 7) is 11.3. The number of aliphatic carboxylic acids is 1. The molecule has 0 aliphatic heterocycles. The highest BCUT2D eigenvalue weighted by atomic mass is 16.4. The Morgan fingerprint density at radius 3 is 2.39 bits per heavy atom. The van der Waals surface area contributed by atoms with Gasteiger partial charge in [-0.25, -0.2) is 4.79 Å². The van der Waals surface area contributed by atoms with Crippen LogP contribution in [-0.2, 0) is 9.59 Å². The first-order valence-electron chi connectivity index (χ1n) is 7.97. The number of hydrogen-bond acceptors (Lipinski definition) is 3. The van der Waals surface area contributed by atoms with Crippen molar-refractivity contribution >= 4 is 11.8 Å². The monoisotopic (exact) mass is 320 g/mol. The summed E-state index contributed by atoms with van der Waals surface area (Å²) in [6, 6.07) is 0. The predicted octanol–water partition coefficient (Wildman–Crippen LogP) is 3.67. The average Bonchev–Trinajstić information content (AvgIpc) is 2.38. The quantitative estimate of drug-likeness (QED) is 0.599. The molecule has 0 heterocycles. The summed E-state index contributed by atoms with van der Waals surface area (Å²) in [7, 11) is 0. The zero-order valence-corrected chi connectivity index (χ0v) is 14.9. The van der Waals surface area contributed by atoms with E-state index in [1.165, 1.54) is 0 Å². The number of rotatable bonds is 5. The highest BCUT2D eigenvalue weighted by Crippen LogP contribution is 2.47. The van der Waals surface area contributed by atoms with Crippen molar-refractivity contribution in [2.45, 2.75) is 60.0 Å². The van der Waals surface area contributed by atoms with Crippen molar-refractivity contribution in [3.8, 4) is 0 Å². The minimum Gasteiger partial charge on any atom is -0.478 e. The molecular formula is C19H28O4. The molecule has 0 aromatic heterocycles. The van der Waals surface area contributed by atoms with Crippen LogP contribution in [0, 0.1) is 11.3 Å². The van der Waals surface area contributed by atoms with Crippen molar-refractivity contribution in [3.63, 3.8) is 0 Å². The summed E-state index contributed by atoms with van der Waals surface area (Å²) in [5.41, 5.74) is 0.00270. The standard InChI is InChI=1S/C19H28O4/c1-12(2)9-15-14(4)19(23,18(5,6)11-16(15)20)8-7-13(3)10-17(21)22/h7-8,10,12,23H,9,11H2,1-6H3,(H,21,22). The molecule has 128 valence electrons. The summed E-state index contributed by atoms with van der Waals surface area (Å²) in [4.78, 5) is 23.2. The number of ketones is 1. The van der Waals surface area contributed by atoms with Gasteiger partial charge in [-0.05, 0) is 49.0 Å². The van der Waals surface area contributed by atoms with Crippen molar-refractivity contribution < 1.29 is 19.8 Å². The first kappa shape index (κ1) is 19.4. The fourth-order valence-corrected chi connectivity index (χ4v) is 3.11. The number of allylic oxidation sites excluding steroid dienone is 3. The molecule has 0 fully saturated rings. The van der Waals surface area contributed by atoms with Gasteiger partial charge in [0, 0.05) is 17.9 Å². The zero-order chi connectivity index (χ0) is 18.0. The lowest BCUT2D eigenvalue weighted by Crippen LogP contribution is -2.49. The molecule has 0 saturated heterocycles. The van der Waals surface area contributed by atoms with Gasteiger partial charge in [0.2, 0.25) is 0 Å². The lowest BCUT2D eigenvalue weighted by molar-refractivity contribution is -0.131. The van der Waals surface area contributed by atoms with Gasteiger partial charge in [-0.2, -0.15) is 0 Å². The second-order valence-corrected chi connectivity index (χ2v) is 7.51. The molecule has 0 amide bonds. The number of carbonyl (C=O) groups is 2. The number of carbonyl (C=O) groups excluding carboxylic acids is 1. The second-order valence-electron chi connectivity index (χ2n) is 7.51. The molecule has 0 bridgehead atoms. The van der Waals surface area contributed by atoms with Crippen LogP contribution in [0.1, 0.15) is 54.4 Å². The van der Waals surface area contributed by atoms with Gasteiger partial charge >= 0.3 is 5.97 Å². The van der Waals surface area contributed by atoms with Crippen molar-refractivity contribution in [3.05, 3.63) is 34.9 Å². The van der Waals surface area contributed by atoms with Crippen LogP contribution in [0.15, 0.2) is 34.9 Å². The van der Waals surface area contributed by atoms with E-state index >= 15 is 0 Å². The van der Waals surface area contributed by atoms with E-state index in [1.807, 2.05) is 27.7 Å². The van der Waals surface area contributed by atoms with Crippen molar-refractivity contribution in [2.75, 3.05) is 0 Å². The molecule has 0 aromatic rings. The molecule has 2 N–H and O–H groups in total. The van der Waals surface area contributed by atoms with Gasteiger partial charge in [0.15, 0.2) is 5.78 Å². The van der Waals surface area contributed by atoms with E-state index < -0.39 is 17.0 Å². The van der Waals surface area contributed by atoms with Gasteiger partial charge in [0.05, 0.1) is 0 Å². The average molecular weight is 320 g/mol. The largest absolute Gasteiger partial charge is 0.478 e. The molecule has 4 heteroatoms. The topological polar surface area (TPSA) is 74.6 Å². The third-order valence-electron chi connectivity index (χ3n) is 4.55. The van der Waals surface area contributed by atoms with Crippen molar-refractivity contribution in [1.29, 1.82) is 0 Å². The maximum Gasteiger partial charge on any atom is 0.328 e. The third-order valence-corrected chi connectivity index (χ3v) is 4.55. The van der Waals surface area contributed by atoms with Crippen LogP contribution < -0.4 is 0 Å². The van der Waals surface area contributed by atoms with Gasteiger partial charge < -0.3 is 10.2 Å². The highest BCUT2D eigenvalue weighted by Gasteiger charge is 2.49.